The highest BCUT2D eigenvalue weighted by Gasteiger charge is 2.13. The number of hydrogen-bond acceptors (Lipinski definition) is 4. The maximum atomic E-state index is 11.1. The molecule has 0 radical (unpaired) electrons. The zero-order valence-electron chi connectivity index (χ0n) is 11.7. The third-order valence-electron chi connectivity index (χ3n) is 3.06. The molecule has 0 fully saturated rings. The first kappa shape index (κ1) is 15.1. The number of methoxy groups -OCH3 is 1. The fourth-order valence-electron chi connectivity index (χ4n) is 1.97. The Bertz CT molecular complexity index is 661. The van der Waals surface area contributed by atoms with E-state index < -0.39 is 5.97 Å². The van der Waals surface area contributed by atoms with Crippen molar-refractivity contribution in [2.24, 2.45) is 0 Å². The first-order valence-corrected chi connectivity index (χ1v) is 6.62. The SMILES string of the molecule is COc1ccccc1CN(C)c1cc(C(=O)O)c(Cl)cn1. The second-order valence-electron chi connectivity index (χ2n) is 4.50. The van der Waals surface area contributed by atoms with Crippen LogP contribution in [0.2, 0.25) is 5.02 Å². The van der Waals surface area contributed by atoms with Crippen molar-refractivity contribution in [3.8, 4) is 5.75 Å². The van der Waals surface area contributed by atoms with Crippen molar-refractivity contribution in [2.75, 3.05) is 19.1 Å². The number of halogens is 1. The number of benzene rings is 1. The molecule has 0 saturated carbocycles. The van der Waals surface area contributed by atoms with Gasteiger partial charge < -0.3 is 14.7 Å². The van der Waals surface area contributed by atoms with E-state index in [1.807, 2.05) is 36.2 Å². The molecule has 0 spiro atoms. The average Bonchev–Trinajstić information content (AvgIpc) is 2.47. The Morgan fingerprint density at radius 3 is 2.81 bits per heavy atom. The summed E-state index contributed by atoms with van der Waals surface area (Å²) in [7, 11) is 3.44. The molecule has 1 heterocycles. The van der Waals surface area contributed by atoms with Gasteiger partial charge in [0.05, 0.1) is 17.7 Å². The number of rotatable bonds is 5. The van der Waals surface area contributed by atoms with E-state index in [0.717, 1.165) is 11.3 Å². The van der Waals surface area contributed by atoms with Crippen molar-refractivity contribution >= 4 is 23.4 Å². The molecule has 21 heavy (non-hydrogen) atoms. The highest BCUT2D eigenvalue weighted by Crippen LogP contribution is 2.23. The molecule has 1 aromatic carbocycles. The Kier molecular flexibility index (Phi) is 4.65. The molecule has 2 rings (SSSR count). The maximum Gasteiger partial charge on any atom is 0.337 e. The van der Waals surface area contributed by atoms with E-state index in [0.29, 0.717) is 12.4 Å². The number of carboxylic acids is 1. The zero-order chi connectivity index (χ0) is 15.4. The van der Waals surface area contributed by atoms with Crippen molar-refractivity contribution < 1.29 is 14.6 Å². The van der Waals surface area contributed by atoms with Crippen LogP contribution in [0.4, 0.5) is 5.82 Å². The average molecular weight is 307 g/mol. The highest BCUT2D eigenvalue weighted by atomic mass is 35.5. The Hall–Kier alpha value is -2.27. The summed E-state index contributed by atoms with van der Waals surface area (Å²) in [5, 5.41) is 9.22. The van der Waals surface area contributed by atoms with Crippen LogP contribution in [-0.4, -0.2) is 30.2 Å². The summed E-state index contributed by atoms with van der Waals surface area (Å²) in [6.07, 6.45) is 1.35. The van der Waals surface area contributed by atoms with E-state index in [4.69, 9.17) is 21.4 Å². The van der Waals surface area contributed by atoms with Crippen LogP contribution in [0.1, 0.15) is 15.9 Å². The molecular weight excluding hydrogens is 292 g/mol. The van der Waals surface area contributed by atoms with E-state index in [1.54, 1.807) is 7.11 Å². The summed E-state index contributed by atoms with van der Waals surface area (Å²) in [6, 6.07) is 9.10. The number of carboxylic acid groups (broad SMARTS) is 1. The van der Waals surface area contributed by atoms with Gasteiger partial charge in [0.25, 0.3) is 0 Å². The van der Waals surface area contributed by atoms with E-state index in [9.17, 15) is 4.79 Å². The normalized spacial score (nSPS) is 10.2. The van der Waals surface area contributed by atoms with Crippen molar-refractivity contribution in [3.05, 3.63) is 52.7 Å². The lowest BCUT2D eigenvalue weighted by Crippen LogP contribution is -2.18. The molecule has 0 atom stereocenters. The molecule has 5 nitrogen and oxygen atoms in total. The van der Waals surface area contributed by atoms with Gasteiger partial charge in [-0.2, -0.15) is 0 Å². The van der Waals surface area contributed by atoms with E-state index in [1.165, 1.54) is 12.3 Å². The topological polar surface area (TPSA) is 62.7 Å². The summed E-state index contributed by atoms with van der Waals surface area (Å²) >= 11 is 5.82. The van der Waals surface area contributed by atoms with Crippen LogP contribution in [0, 0.1) is 0 Å². The van der Waals surface area contributed by atoms with Crippen LogP contribution < -0.4 is 9.64 Å². The number of para-hydroxylation sites is 1. The lowest BCUT2D eigenvalue weighted by molar-refractivity contribution is 0.0697. The van der Waals surface area contributed by atoms with Gasteiger partial charge in [0.2, 0.25) is 0 Å². The largest absolute Gasteiger partial charge is 0.496 e. The molecule has 2 aromatic rings. The molecule has 1 aromatic heterocycles. The Labute approximate surface area is 127 Å². The molecule has 110 valence electrons. The fourth-order valence-corrected chi connectivity index (χ4v) is 2.15. The van der Waals surface area contributed by atoms with Crippen LogP contribution in [0.25, 0.3) is 0 Å². The second-order valence-corrected chi connectivity index (χ2v) is 4.90. The smallest absolute Gasteiger partial charge is 0.337 e. The first-order chi connectivity index (χ1) is 10.0. The number of nitrogens with zero attached hydrogens (tertiary/aromatic N) is 2. The molecule has 0 aliphatic carbocycles. The highest BCUT2D eigenvalue weighted by molar-refractivity contribution is 6.33. The lowest BCUT2D eigenvalue weighted by atomic mass is 10.2. The van der Waals surface area contributed by atoms with Crippen LogP contribution in [0.5, 0.6) is 5.75 Å². The monoisotopic (exact) mass is 306 g/mol. The number of aromatic carboxylic acids is 1. The lowest BCUT2D eigenvalue weighted by Gasteiger charge is -2.20. The van der Waals surface area contributed by atoms with Crippen molar-refractivity contribution in [2.45, 2.75) is 6.54 Å². The third kappa shape index (κ3) is 3.44. The van der Waals surface area contributed by atoms with Gasteiger partial charge in [-0.3, -0.25) is 0 Å². The minimum absolute atomic E-state index is 0.0357. The Balaban J connectivity index is 2.26. The predicted octanol–water partition coefficient (Wildman–Crippen LogP) is 3.08. The fraction of sp³-hybridized carbons (Fsp3) is 0.200. The van der Waals surface area contributed by atoms with E-state index in [2.05, 4.69) is 4.98 Å². The number of hydrogen-bond donors (Lipinski definition) is 1. The third-order valence-corrected chi connectivity index (χ3v) is 3.36. The molecule has 0 saturated heterocycles. The predicted molar refractivity (Wildman–Crippen MR) is 81.3 cm³/mol. The maximum absolute atomic E-state index is 11.1. The molecule has 0 unspecified atom stereocenters. The molecule has 1 N–H and O–H groups in total. The minimum atomic E-state index is -1.07. The van der Waals surface area contributed by atoms with Crippen molar-refractivity contribution in [3.63, 3.8) is 0 Å². The molecule has 0 aliphatic heterocycles. The Morgan fingerprint density at radius 2 is 2.14 bits per heavy atom. The molecule has 0 aliphatic rings. The summed E-state index contributed by atoms with van der Waals surface area (Å²) in [6.45, 7) is 0.539. The van der Waals surface area contributed by atoms with Crippen LogP contribution in [0.15, 0.2) is 36.5 Å². The number of pyridine rings is 1. The van der Waals surface area contributed by atoms with E-state index in [-0.39, 0.29) is 10.6 Å². The summed E-state index contributed by atoms with van der Waals surface area (Å²) in [5.74, 6) is 0.230. The number of anilines is 1. The van der Waals surface area contributed by atoms with Crippen molar-refractivity contribution in [1.29, 1.82) is 0 Å². The van der Waals surface area contributed by atoms with Gasteiger partial charge in [-0.15, -0.1) is 0 Å². The molecular formula is C15H15ClN2O3. The minimum Gasteiger partial charge on any atom is -0.496 e. The standard InChI is InChI=1S/C15H15ClN2O3/c1-18(9-10-5-3-4-6-13(10)21-2)14-7-11(15(19)20)12(16)8-17-14/h3-8H,9H2,1-2H3,(H,19,20). The van der Waals surface area contributed by atoms with Crippen LogP contribution in [0.3, 0.4) is 0 Å². The van der Waals surface area contributed by atoms with Gasteiger partial charge in [0.15, 0.2) is 0 Å². The van der Waals surface area contributed by atoms with Gasteiger partial charge in [0.1, 0.15) is 11.6 Å². The van der Waals surface area contributed by atoms with Gasteiger partial charge >= 0.3 is 5.97 Å². The van der Waals surface area contributed by atoms with Gasteiger partial charge in [-0.25, -0.2) is 9.78 Å². The number of aromatic nitrogens is 1. The summed E-state index contributed by atoms with van der Waals surface area (Å²) < 4.78 is 5.30. The summed E-state index contributed by atoms with van der Waals surface area (Å²) in [4.78, 5) is 17.1. The molecule has 6 heteroatoms. The molecule has 0 bridgehead atoms. The van der Waals surface area contributed by atoms with Gasteiger partial charge in [0, 0.05) is 25.4 Å². The first-order valence-electron chi connectivity index (χ1n) is 6.24. The Morgan fingerprint density at radius 1 is 1.43 bits per heavy atom. The van der Waals surface area contributed by atoms with Gasteiger partial charge in [-0.1, -0.05) is 29.8 Å². The quantitative estimate of drug-likeness (QED) is 0.919. The zero-order valence-corrected chi connectivity index (χ0v) is 12.5. The second kappa shape index (κ2) is 6.45. The van der Waals surface area contributed by atoms with Crippen LogP contribution >= 0.6 is 11.6 Å². The summed E-state index contributed by atoms with van der Waals surface area (Å²) in [5.41, 5.74) is 1.02. The molecule has 0 amide bonds. The van der Waals surface area contributed by atoms with E-state index >= 15 is 0 Å². The number of ether oxygens (including phenoxy) is 1. The number of carbonyl (C=O) groups is 1. The van der Waals surface area contributed by atoms with Crippen molar-refractivity contribution in [1.82, 2.24) is 4.98 Å². The van der Waals surface area contributed by atoms with Crippen LogP contribution in [-0.2, 0) is 6.54 Å². The van der Waals surface area contributed by atoms with Gasteiger partial charge in [-0.05, 0) is 12.1 Å².